The van der Waals surface area contributed by atoms with Crippen LogP contribution in [0.4, 0.5) is 0 Å². The maximum Gasteiger partial charge on any atom is 0.0919 e. The molecule has 0 bridgehead atoms. The molecule has 2 nitrogen and oxygen atoms in total. The van der Waals surface area contributed by atoms with E-state index in [1.54, 1.807) is 0 Å². The van der Waals surface area contributed by atoms with Gasteiger partial charge in [-0.05, 0) is 31.1 Å². The minimum atomic E-state index is -1.09. The Hall–Kier alpha value is 0.110. The molecular formula is C8H17NOS. The van der Waals surface area contributed by atoms with Gasteiger partial charge >= 0.3 is 0 Å². The fraction of sp³-hybridized carbons (Fsp3) is 1.00. The van der Waals surface area contributed by atoms with E-state index in [4.69, 9.17) is 5.14 Å². The van der Waals surface area contributed by atoms with Crippen LogP contribution in [0.3, 0.4) is 0 Å². The highest BCUT2D eigenvalue weighted by Gasteiger charge is 2.28. The van der Waals surface area contributed by atoms with E-state index >= 15 is 0 Å². The van der Waals surface area contributed by atoms with E-state index in [1.165, 1.54) is 12.8 Å². The average molecular weight is 175 g/mol. The van der Waals surface area contributed by atoms with Gasteiger partial charge in [0.15, 0.2) is 0 Å². The van der Waals surface area contributed by atoms with Crippen molar-refractivity contribution in [3.05, 3.63) is 0 Å². The molecule has 0 heterocycles. The van der Waals surface area contributed by atoms with Crippen LogP contribution >= 0.6 is 0 Å². The van der Waals surface area contributed by atoms with Crippen molar-refractivity contribution in [3.63, 3.8) is 0 Å². The van der Waals surface area contributed by atoms with E-state index in [0.717, 1.165) is 12.8 Å². The molecule has 1 saturated carbocycles. The first-order valence-electron chi connectivity index (χ1n) is 4.16. The Balaban J connectivity index is 2.42. The first-order valence-corrected chi connectivity index (χ1v) is 5.44. The van der Waals surface area contributed by atoms with Gasteiger partial charge in [-0.25, -0.2) is 4.21 Å². The minimum Gasteiger partial charge on any atom is -0.252 e. The lowest BCUT2D eigenvalue weighted by Gasteiger charge is -2.32. The van der Waals surface area contributed by atoms with E-state index < -0.39 is 11.0 Å². The summed E-state index contributed by atoms with van der Waals surface area (Å²) in [7, 11) is -1.09. The SMILES string of the molecule is CC1(C)CCC(S(N)=O)CC1. The largest absolute Gasteiger partial charge is 0.252 e. The Kier molecular flexibility index (Phi) is 2.70. The zero-order valence-corrected chi connectivity index (χ0v) is 8.12. The molecule has 1 fully saturated rings. The van der Waals surface area contributed by atoms with Crippen LogP contribution in [0.15, 0.2) is 0 Å². The highest BCUT2D eigenvalue weighted by Crippen LogP contribution is 2.36. The summed E-state index contributed by atoms with van der Waals surface area (Å²) in [6, 6.07) is 0. The summed E-state index contributed by atoms with van der Waals surface area (Å²) in [4.78, 5) is 0. The molecule has 0 aliphatic heterocycles. The van der Waals surface area contributed by atoms with Crippen molar-refractivity contribution in [2.75, 3.05) is 0 Å². The van der Waals surface area contributed by atoms with Crippen LogP contribution in [-0.4, -0.2) is 9.46 Å². The quantitative estimate of drug-likeness (QED) is 0.646. The summed E-state index contributed by atoms with van der Waals surface area (Å²) in [5.41, 5.74) is 0.454. The Morgan fingerprint density at radius 1 is 1.36 bits per heavy atom. The average Bonchev–Trinajstić information content (AvgIpc) is 1.86. The third-order valence-electron chi connectivity index (χ3n) is 2.61. The molecule has 0 aromatic heterocycles. The molecule has 0 amide bonds. The molecule has 1 rings (SSSR count). The third-order valence-corrected chi connectivity index (χ3v) is 3.74. The zero-order chi connectivity index (χ0) is 8.48. The summed E-state index contributed by atoms with van der Waals surface area (Å²) in [6.45, 7) is 4.53. The van der Waals surface area contributed by atoms with Gasteiger partial charge in [-0.1, -0.05) is 13.8 Å². The maximum absolute atomic E-state index is 10.9. The van der Waals surface area contributed by atoms with E-state index in [-0.39, 0.29) is 5.25 Å². The lowest BCUT2D eigenvalue weighted by atomic mass is 9.77. The second-order valence-corrected chi connectivity index (χ2v) is 5.52. The van der Waals surface area contributed by atoms with Gasteiger partial charge in [-0.15, -0.1) is 0 Å². The molecule has 1 aliphatic rings. The normalized spacial score (nSPS) is 28.3. The molecule has 1 aliphatic carbocycles. The van der Waals surface area contributed by atoms with Gasteiger partial charge < -0.3 is 0 Å². The second-order valence-electron chi connectivity index (χ2n) is 4.19. The van der Waals surface area contributed by atoms with E-state index in [9.17, 15) is 4.21 Å². The van der Waals surface area contributed by atoms with Crippen LogP contribution in [0.25, 0.3) is 0 Å². The molecule has 3 heteroatoms. The summed E-state index contributed by atoms with van der Waals surface area (Å²) in [5, 5.41) is 5.59. The summed E-state index contributed by atoms with van der Waals surface area (Å²) < 4.78 is 10.9. The Bertz CT molecular complexity index is 157. The summed E-state index contributed by atoms with van der Waals surface area (Å²) in [5.74, 6) is 0. The van der Waals surface area contributed by atoms with Crippen molar-refractivity contribution in [1.29, 1.82) is 0 Å². The number of hydrogen-bond acceptors (Lipinski definition) is 1. The predicted octanol–water partition coefficient (Wildman–Crippen LogP) is 1.58. The van der Waals surface area contributed by atoms with Gasteiger partial charge in [0.25, 0.3) is 0 Å². The zero-order valence-electron chi connectivity index (χ0n) is 7.30. The van der Waals surface area contributed by atoms with Crippen LogP contribution in [-0.2, 0) is 11.0 Å². The van der Waals surface area contributed by atoms with Crippen LogP contribution < -0.4 is 5.14 Å². The number of rotatable bonds is 1. The molecule has 1 atom stereocenters. The smallest absolute Gasteiger partial charge is 0.0919 e. The van der Waals surface area contributed by atoms with Crippen molar-refractivity contribution in [3.8, 4) is 0 Å². The fourth-order valence-corrected chi connectivity index (χ4v) is 2.31. The maximum atomic E-state index is 10.9. The second kappa shape index (κ2) is 3.23. The Morgan fingerprint density at radius 2 is 1.82 bits per heavy atom. The van der Waals surface area contributed by atoms with Crippen molar-refractivity contribution < 1.29 is 4.21 Å². The predicted molar refractivity (Wildman–Crippen MR) is 48.4 cm³/mol. The number of hydrogen-bond donors (Lipinski definition) is 1. The molecule has 66 valence electrons. The molecule has 0 saturated heterocycles. The van der Waals surface area contributed by atoms with Gasteiger partial charge in [0, 0.05) is 5.25 Å². The molecule has 0 aromatic carbocycles. The van der Waals surface area contributed by atoms with Crippen molar-refractivity contribution >= 4 is 11.0 Å². The van der Waals surface area contributed by atoms with Crippen molar-refractivity contribution in [1.82, 2.24) is 0 Å². The van der Waals surface area contributed by atoms with E-state index in [0.29, 0.717) is 5.41 Å². The highest BCUT2D eigenvalue weighted by atomic mass is 32.2. The lowest BCUT2D eigenvalue weighted by Crippen LogP contribution is -2.30. The van der Waals surface area contributed by atoms with E-state index in [1.807, 2.05) is 0 Å². The van der Waals surface area contributed by atoms with Crippen molar-refractivity contribution in [2.24, 2.45) is 10.6 Å². The molecular weight excluding hydrogens is 158 g/mol. The monoisotopic (exact) mass is 175 g/mol. The molecule has 1 unspecified atom stereocenters. The lowest BCUT2D eigenvalue weighted by molar-refractivity contribution is 0.248. The molecule has 0 spiro atoms. The van der Waals surface area contributed by atoms with Crippen LogP contribution in [0.2, 0.25) is 0 Å². The first-order chi connectivity index (χ1) is 5.01. The van der Waals surface area contributed by atoms with Crippen LogP contribution in [0, 0.1) is 5.41 Å². The van der Waals surface area contributed by atoms with Gasteiger partial charge in [0.2, 0.25) is 0 Å². The van der Waals surface area contributed by atoms with E-state index in [2.05, 4.69) is 13.8 Å². The molecule has 11 heavy (non-hydrogen) atoms. The number of nitrogens with two attached hydrogens (primary N) is 1. The van der Waals surface area contributed by atoms with Gasteiger partial charge in [-0.2, -0.15) is 0 Å². The standard InChI is InChI=1S/C8H17NOS/c1-8(2)5-3-7(4-6-8)11(9)10/h7H,3-6,9H2,1-2H3. The molecule has 2 N–H and O–H groups in total. The van der Waals surface area contributed by atoms with Crippen molar-refractivity contribution in [2.45, 2.75) is 44.8 Å². The molecule has 0 radical (unpaired) electrons. The van der Waals surface area contributed by atoms with Crippen LogP contribution in [0.5, 0.6) is 0 Å². The van der Waals surface area contributed by atoms with Gasteiger partial charge in [-0.3, -0.25) is 5.14 Å². The third kappa shape index (κ3) is 2.56. The summed E-state index contributed by atoms with van der Waals surface area (Å²) >= 11 is 0. The first kappa shape index (κ1) is 9.20. The van der Waals surface area contributed by atoms with Gasteiger partial charge in [0.05, 0.1) is 11.0 Å². The fourth-order valence-electron chi connectivity index (χ4n) is 1.61. The molecule has 0 aromatic rings. The minimum absolute atomic E-state index is 0.267. The Morgan fingerprint density at radius 3 is 2.18 bits per heavy atom. The highest BCUT2D eigenvalue weighted by molar-refractivity contribution is 7.83. The van der Waals surface area contributed by atoms with Crippen LogP contribution in [0.1, 0.15) is 39.5 Å². The van der Waals surface area contributed by atoms with Gasteiger partial charge in [0.1, 0.15) is 0 Å². The Labute approximate surface area is 71.1 Å². The topological polar surface area (TPSA) is 43.1 Å². The summed E-state index contributed by atoms with van der Waals surface area (Å²) in [6.07, 6.45) is 4.41.